The zero-order valence-electron chi connectivity index (χ0n) is 12.0. The number of benzene rings is 2. The van der Waals surface area contributed by atoms with Gasteiger partial charge in [-0.2, -0.15) is 0 Å². The smallest absolute Gasteiger partial charge is 0.197 e. The molecule has 2 N–H and O–H groups in total. The van der Waals surface area contributed by atoms with Crippen LogP contribution in [0, 0.1) is 0 Å². The fourth-order valence-electron chi connectivity index (χ4n) is 2.64. The lowest BCUT2D eigenvalue weighted by Crippen LogP contribution is -2.06. The average molecular weight is 342 g/mol. The summed E-state index contributed by atoms with van der Waals surface area (Å²) in [5.74, 6) is 0. The number of anilines is 1. The van der Waals surface area contributed by atoms with Gasteiger partial charge in [0.1, 0.15) is 0 Å². The maximum absolute atomic E-state index is 12.6. The Morgan fingerprint density at radius 1 is 1.13 bits per heavy atom. The predicted octanol–water partition coefficient (Wildman–Crippen LogP) is 4.40. The maximum Gasteiger partial charge on any atom is 0.197 e. The largest absolute Gasteiger partial charge is 0.378 e. The van der Waals surface area contributed by atoms with Gasteiger partial charge in [0.2, 0.25) is 0 Å². The van der Waals surface area contributed by atoms with Crippen LogP contribution in [0.2, 0.25) is 4.47 Å². The fourth-order valence-corrected chi connectivity index (χ4v) is 3.56. The molecule has 2 heterocycles. The number of halogens is 1. The first-order chi connectivity index (χ1) is 11.2. The number of H-pyrrole nitrogens is 1. The summed E-state index contributed by atoms with van der Waals surface area (Å²) < 4.78 is 0.527. The molecule has 6 heteroatoms. The monoisotopic (exact) mass is 341 g/mol. The van der Waals surface area contributed by atoms with Crippen LogP contribution in [0.3, 0.4) is 0 Å². The molecule has 0 radical (unpaired) electrons. The molecule has 0 unspecified atom stereocenters. The van der Waals surface area contributed by atoms with Crippen LogP contribution in [-0.4, -0.2) is 9.97 Å². The molecule has 0 saturated carbocycles. The molecule has 23 heavy (non-hydrogen) atoms. The Bertz CT molecular complexity index is 1070. The van der Waals surface area contributed by atoms with Crippen LogP contribution in [0.4, 0.5) is 5.69 Å². The van der Waals surface area contributed by atoms with Gasteiger partial charge in [-0.05, 0) is 24.3 Å². The summed E-state index contributed by atoms with van der Waals surface area (Å²) in [5, 5.41) is 4.73. The lowest BCUT2D eigenvalue weighted by molar-refractivity contribution is 1.18. The van der Waals surface area contributed by atoms with Crippen molar-refractivity contribution in [2.75, 3.05) is 5.32 Å². The predicted molar refractivity (Wildman–Crippen MR) is 96.5 cm³/mol. The van der Waals surface area contributed by atoms with Gasteiger partial charge in [-0.15, -0.1) is 11.3 Å². The third-order valence-corrected chi connectivity index (χ3v) is 4.83. The third kappa shape index (κ3) is 2.58. The van der Waals surface area contributed by atoms with E-state index < -0.39 is 0 Å². The van der Waals surface area contributed by atoms with E-state index in [1.165, 1.54) is 11.3 Å². The second-order valence-electron chi connectivity index (χ2n) is 5.16. The first-order valence-corrected chi connectivity index (χ1v) is 8.29. The van der Waals surface area contributed by atoms with Crippen LogP contribution in [0.15, 0.2) is 53.5 Å². The van der Waals surface area contributed by atoms with Crippen LogP contribution < -0.4 is 10.7 Å². The van der Waals surface area contributed by atoms with Crippen molar-refractivity contribution in [2.45, 2.75) is 6.54 Å². The quantitative estimate of drug-likeness (QED) is 0.543. The van der Waals surface area contributed by atoms with E-state index in [1.807, 2.05) is 42.5 Å². The summed E-state index contributed by atoms with van der Waals surface area (Å²) in [5.41, 5.74) is 2.57. The van der Waals surface area contributed by atoms with Gasteiger partial charge in [0.15, 0.2) is 9.90 Å². The van der Waals surface area contributed by atoms with Gasteiger partial charge in [-0.1, -0.05) is 29.8 Å². The molecule has 0 bridgehead atoms. The molecule has 0 aliphatic rings. The van der Waals surface area contributed by atoms with Crippen LogP contribution in [0.5, 0.6) is 0 Å². The number of para-hydroxylation sites is 2. The zero-order chi connectivity index (χ0) is 15.8. The molecule has 0 amide bonds. The minimum absolute atomic E-state index is 0.0406. The molecule has 0 aliphatic carbocycles. The van der Waals surface area contributed by atoms with Crippen LogP contribution >= 0.6 is 22.9 Å². The van der Waals surface area contributed by atoms with E-state index in [-0.39, 0.29) is 5.43 Å². The number of rotatable bonds is 3. The Kier molecular flexibility index (Phi) is 3.52. The van der Waals surface area contributed by atoms with Crippen molar-refractivity contribution in [1.82, 2.24) is 9.97 Å². The van der Waals surface area contributed by atoms with Gasteiger partial charge >= 0.3 is 0 Å². The molecule has 114 valence electrons. The number of pyridine rings is 1. The summed E-state index contributed by atoms with van der Waals surface area (Å²) in [4.78, 5) is 21.1. The van der Waals surface area contributed by atoms with Crippen molar-refractivity contribution >= 4 is 50.4 Å². The number of nitrogens with zero attached hydrogens (tertiary/aromatic N) is 1. The van der Waals surface area contributed by atoms with Crippen LogP contribution in [0.1, 0.15) is 4.88 Å². The van der Waals surface area contributed by atoms with E-state index in [4.69, 9.17) is 11.6 Å². The molecule has 4 rings (SSSR count). The topological polar surface area (TPSA) is 57.8 Å². The second-order valence-corrected chi connectivity index (χ2v) is 6.86. The number of thiazole rings is 1. The van der Waals surface area contributed by atoms with E-state index >= 15 is 0 Å². The number of hydrogen-bond donors (Lipinski definition) is 2. The molecule has 2 aromatic heterocycles. The standard InChI is InChI=1S/C17H12ClN3OS/c18-17-20-9-10(23-17)8-19-14-7-3-5-12-15(14)21-13-6-2-1-4-11(13)16(12)22/h1-7,9,19H,8H2,(H,21,22). The molecule has 0 atom stereocenters. The van der Waals surface area contributed by atoms with Gasteiger partial charge < -0.3 is 10.3 Å². The van der Waals surface area contributed by atoms with E-state index in [1.54, 1.807) is 6.20 Å². The Morgan fingerprint density at radius 2 is 1.96 bits per heavy atom. The van der Waals surface area contributed by atoms with Gasteiger partial charge in [0.05, 0.1) is 17.7 Å². The van der Waals surface area contributed by atoms with Crippen molar-refractivity contribution < 1.29 is 0 Å². The van der Waals surface area contributed by atoms with E-state index in [9.17, 15) is 4.79 Å². The summed E-state index contributed by atoms with van der Waals surface area (Å²) >= 11 is 7.29. The lowest BCUT2D eigenvalue weighted by atomic mass is 10.1. The van der Waals surface area contributed by atoms with Crippen LogP contribution in [0.25, 0.3) is 21.8 Å². The summed E-state index contributed by atoms with van der Waals surface area (Å²) in [6, 6.07) is 13.2. The summed E-state index contributed by atoms with van der Waals surface area (Å²) in [6.45, 7) is 0.609. The molecular formula is C17H12ClN3OS. The Morgan fingerprint density at radius 3 is 2.78 bits per heavy atom. The molecule has 0 saturated heterocycles. The normalized spacial score (nSPS) is 11.2. The third-order valence-electron chi connectivity index (χ3n) is 3.72. The number of nitrogens with one attached hydrogen (secondary N) is 2. The zero-order valence-corrected chi connectivity index (χ0v) is 13.5. The number of aromatic amines is 1. The summed E-state index contributed by atoms with van der Waals surface area (Å²) in [7, 11) is 0. The van der Waals surface area contributed by atoms with E-state index in [2.05, 4.69) is 15.3 Å². The van der Waals surface area contributed by atoms with E-state index in [0.29, 0.717) is 21.8 Å². The maximum atomic E-state index is 12.6. The fraction of sp³-hybridized carbons (Fsp3) is 0.0588. The highest BCUT2D eigenvalue weighted by atomic mass is 35.5. The molecule has 0 spiro atoms. The number of fused-ring (bicyclic) bond motifs is 2. The number of aromatic nitrogens is 2. The van der Waals surface area contributed by atoms with E-state index in [0.717, 1.165) is 21.6 Å². The lowest BCUT2D eigenvalue weighted by Gasteiger charge is -2.10. The van der Waals surface area contributed by atoms with Crippen molar-refractivity contribution in [3.63, 3.8) is 0 Å². The van der Waals surface area contributed by atoms with Crippen molar-refractivity contribution in [3.05, 3.63) is 68.2 Å². The molecule has 4 aromatic rings. The molecule has 0 aliphatic heterocycles. The van der Waals surface area contributed by atoms with Gasteiger partial charge in [0, 0.05) is 27.4 Å². The van der Waals surface area contributed by atoms with Gasteiger partial charge in [-0.3, -0.25) is 4.79 Å². The SMILES string of the molecule is O=c1c2ccccc2[nH]c2c(NCc3cnc(Cl)s3)cccc12. The van der Waals surface area contributed by atoms with Gasteiger partial charge in [-0.25, -0.2) is 4.98 Å². The molecular weight excluding hydrogens is 330 g/mol. The Balaban J connectivity index is 1.82. The molecule has 0 fully saturated rings. The first kappa shape index (κ1) is 14.2. The highest BCUT2D eigenvalue weighted by Crippen LogP contribution is 2.24. The minimum atomic E-state index is 0.0406. The van der Waals surface area contributed by atoms with Crippen molar-refractivity contribution in [2.24, 2.45) is 0 Å². The average Bonchev–Trinajstić information content (AvgIpc) is 2.99. The second kappa shape index (κ2) is 5.68. The summed E-state index contributed by atoms with van der Waals surface area (Å²) in [6.07, 6.45) is 1.75. The van der Waals surface area contributed by atoms with Gasteiger partial charge in [0.25, 0.3) is 0 Å². The Labute approximate surface area is 140 Å². The van der Waals surface area contributed by atoms with Crippen molar-refractivity contribution in [3.8, 4) is 0 Å². The highest BCUT2D eigenvalue weighted by Gasteiger charge is 2.08. The molecule has 2 aromatic carbocycles. The number of hydrogen-bond acceptors (Lipinski definition) is 4. The van der Waals surface area contributed by atoms with Crippen LogP contribution in [-0.2, 0) is 6.54 Å². The Hall–Kier alpha value is -2.37. The minimum Gasteiger partial charge on any atom is -0.378 e. The first-order valence-electron chi connectivity index (χ1n) is 7.10. The highest BCUT2D eigenvalue weighted by molar-refractivity contribution is 7.15. The molecule has 4 nitrogen and oxygen atoms in total. The van der Waals surface area contributed by atoms with Crippen molar-refractivity contribution in [1.29, 1.82) is 0 Å².